The summed E-state index contributed by atoms with van der Waals surface area (Å²) < 4.78 is 14.1. The van der Waals surface area contributed by atoms with Crippen LogP contribution in [0.5, 0.6) is 0 Å². The Kier molecular flexibility index (Phi) is 15.4. The second-order valence-corrected chi connectivity index (χ2v) is 6.78. The summed E-state index contributed by atoms with van der Waals surface area (Å²) in [5, 5.41) is 13.8. The summed E-state index contributed by atoms with van der Waals surface area (Å²) in [5.41, 5.74) is 8.84. The molecule has 0 radical (unpaired) electrons. The number of nitriles is 1. The molecule has 34 heavy (non-hydrogen) atoms. The highest BCUT2D eigenvalue weighted by molar-refractivity contribution is 5.97. The number of hydrogen-bond donors (Lipinski definition) is 2. The van der Waals surface area contributed by atoms with Gasteiger partial charge in [-0.05, 0) is 79.1 Å². The van der Waals surface area contributed by atoms with Gasteiger partial charge in [0.05, 0.1) is 10.9 Å². The summed E-state index contributed by atoms with van der Waals surface area (Å²) in [6, 6.07) is 12.2. The maximum Gasteiger partial charge on any atom is 0.145 e. The lowest BCUT2D eigenvalue weighted by Gasteiger charge is -2.12. The van der Waals surface area contributed by atoms with Gasteiger partial charge in [0.1, 0.15) is 18.2 Å². The molecule has 6 heteroatoms. The largest absolute Gasteiger partial charge is 0.329 e. The Hall–Kier alpha value is -3.40. The molecule has 0 aromatic heterocycles. The molecule has 1 heterocycles. The lowest BCUT2D eigenvalue weighted by molar-refractivity contribution is -0.104. The Morgan fingerprint density at radius 1 is 1.12 bits per heavy atom. The minimum atomic E-state index is -0.577. The molecule has 3 rings (SSSR count). The van der Waals surface area contributed by atoms with Crippen molar-refractivity contribution in [2.24, 2.45) is 10.7 Å². The van der Waals surface area contributed by atoms with Gasteiger partial charge in [0.2, 0.25) is 0 Å². The second-order valence-electron chi connectivity index (χ2n) is 6.78. The minimum absolute atomic E-state index is 0.00547. The molecule has 3 N–H and O–H groups in total. The maximum atomic E-state index is 14.1. The van der Waals surface area contributed by atoms with Crippen molar-refractivity contribution in [2.75, 3.05) is 20.1 Å². The Morgan fingerprint density at radius 2 is 1.76 bits per heavy atom. The van der Waals surface area contributed by atoms with E-state index in [1.165, 1.54) is 12.1 Å². The quantitative estimate of drug-likeness (QED) is 0.288. The van der Waals surface area contributed by atoms with Crippen molar-refractivity contribution in [1.29, 1.82) is 5.26 Å². The normalized spacial score (nSPS) is 11.5. The molecule has 0 fully saturated rings. The molecule has 5 nitrogen and oxygen atoms in total. The average Bonchev–Trinajstić information content (AvgIpc) is 2.86. The van der Waals surface area contributed by atoms with Crippen molar-refractivity contribution in [2.45, 2.75) is 41.5 Å². The van der Waals surface area contributed by atoms with E-state index in [1.54, 1.807) is 25.3 Å². The van der Waals surface area contributed by atoms with E-state index in [2.05, 4.69) is 10.3 Å². The van der Waals surface area contributed by atoms with E-state index >= 15 is 0 Å². The van der Waals surface area contributed by atoms with Crippen molar-refractivity contribution in [3.63, 3.8) is 0 Å². The van der Waals surface area contributed by atoms with Gasteiger partial charge in [0.25, 0.3) is 0 Å². The van der Waals surface area contributed by atoms with Crippen LogP contribution in [-0.2, 0) is 4.79 Å². The van der Waals surface area contributed by atoms with Crippen LogP contribution in [0.15, 0.2) is 53.0 Å². The van der Waals surface area contributed by atoms with E-state index in [9.17, 15) is 9.18 Å². The van der Waals surface area contributed by atoms with Crippen molar-refractivity contribution in [3.8, 4) is 6.07 Å². The number of likely N-dealkylation sites (N-methyl/N-ethyl adjacent to an activating group) is 1. The zero-order chi connectivity index (χ0) is 26.1. The number of fused-ring (bicyclic) bond motifs is 1. The maximum absolute atomic E-state index is 14.1. The Morgan fingerprint density at radius 3 is 2.18 bits per heavy atom. The molecule has 0 unspecified atom stereocenters. The summed E-state index contributed by atoms with van der Waals surface area (Å²) >= 11 is 0. The first-order valence-electron chi connectivity index (χ1n) is 11.5. The number of rotatable bonds is 6. The predicted molar refractivity (Wildman–Crippen MR) is 141 cm³/mol. The van der Waals surface area contributed by atoms with Crippen LogP contribution in [0, 0.1) is 17.1 Å². The second kappa shape index (κ2) is 17.1. The number of hydrogen-bond acceptors (Lipinski definition) is 5. The fraction of sp³-hybridized carbons (Fsp3) is 0.321. The van der Waals surface area contributed by atoms with E-state index in [0.717, 1.165) is 46.7 Å². The van der Waals surface area contributed by atoms with Gasteiger partial charge in [-0.15, -0.1) is 0 Å². The van der Waals surface area contributed by atoms with Crippen LogP contribution in [0.3, 0.4) is 0 Å². The van der Waals surface area contributed by atoms with Crippen molar-refractivity contribution in [3.05, 3.63) is 81.1 Å². The highest BCUT2D eigenvalue weighted by Gasteiger charge is 2.11. The average molecular weight is 465 g/mol. The zero-order valence-corrected chi connectivity index (χ0v) is 21.4. The van der Waals surface area contributed by atoms with Crippen LogP contribution in [0.25, 0.3) is 17.3 Å². The third-order valence-electron chi connectivity index (χ3n) is 4.56. The van der Waals surface area contributed by atoms with Crippen LogP contribution < -0.4 is 21.6 Å². The fourth-order valence-corrected chi connectivity index (χ4v) is 2.82. The summed E-state index contributed by atoms with van der Waals surface area (Å²) in [4.78, 5) is 15.2. The molecule has 182 valence electrons. The minimum Gasteiger partial charge on any atom is -0.329 e. The van der Waals surface area contributed by atoms with Gasteiger partial charge in [-0.2, -0.15) is 5.26 Å². The van der Waals surface area contributed by atoms with Crippen LogP contribution in [0.1, 0.15) is 58.2 Å². The lowest BCUT2D eigenvalue weighted by atomic mass is 9.93. The Bertz CT molecular complexity index is 1160. The van der Waals surface area contributed by atoms with Crippen molar-refractivity contribution < 1.29 is 9.18 Å². The number of carbonyl (C=O) groups excluding carboxylic acids is 1. The molecular weight excluding hydrogens is 427 g/mol. The van der Waals surface area contributed by atoms with E-state index in [4.69, 9.17) is 11.0 Å². The molecule has 0 aliphatic carbocycles. The van der Waals surface area contributed by atoms with Crippen LogP contribution >= 0.6 is 0 Å². The third-order valence-corrected chi connectivity index (χ3v) is 4.56. The molecule has 0 atom stereocenters. The van der Waals surface area contributed by atoms with Gasteiger partial charge in [-0.25, -0.2) is 4.39 Å². The van der Waals surface area contributed by atoms with Crippen LogP contribution in [0.2, 0.25) is 0 Å². The molecule has 0 saturated heterocycles. The van der Waals surface area contributed by atoms with Gasteiger partial charge < -0.3 is 11.1 Å². The molecular formula is C28H37FN4O. The van der Waals surface area contributed by atoms with Gasteiger partial charge in [-0.3, -0.25) is 9.79 Å². The first-order valence-corrected chi connectivity index (χ1v) is 11.5. The number of halogens is 1. The summed E-state index contributed by atoms with van der Waals surface area (Å²) in [6.07, 6.45) is 4.29. The summed E-state index contributed by atoms with van der Waals surface area (Å²) in [6.45, 7) is 13.3. The molecule has 0 amide bonds. The number of nitrogens with two attached hydrogens (primary N) is 1. The molecule has 1 aliphatic rings. The van der Waals surface area contributed by atoms with E-state index in [-0.39, 0.29) is 5.56 Å². The molecule has 2 aromatic carbocycles. The number of benzene rings is 2. The number of aldehydes is 1. The molecule has 2 aromatic rings. The monoisotopic (exact) mass is 464 g/mol. The molecule has 0 spiro atoms. The van der Waals surface area contributed by atoms with E-state index in [1.807, 2.05) is 65.9 Å². The molecule has 0 bridgehead atoms. The van der Waals surface area contributed by atoms with Crippen LogP contribution in [0.4, 0.5) is 4.39 Å². The number of nitrogens with zero attached hydrogens (tertiary/aromatic N) is 2. The van der Waals surface area contributed by atoms with E-state index in [0.29, 0.717) is 11.1 Å². The topological polar surface area (TPSA) is 91.3 Å². The third kappa shape index (κ3) is 8.86. The zero-order valence-electron chi connectivity index (χ0n) is 21.4. The van der Waals surface area contributed by atoms with Gasteiger partial charge in [0, 0.05) is 24.5 Å². The summed E-state index contributed by atoms with van der Waals surface area (Å²) in [5.74, 6) is -0.577. The number of carbonyl (C=O) groups is 1. The first-order chi connectivity index (χ1) is 16.4. The molecule has 0 saturated carbocycles. The first kappa shape index (κ1) is 30.6. The van der Waals surface area contributed by atoms with Crippen molar-refractivity contribution in [1.82, 2.24) is 5.32 Å². The predicted octanol–water partition coefficient (Wildman–Crippen LogP) is 4.36. The summed E-state index contributed by atoms with van der Waals surface area (Å²) in [7, 11) is 1.88. The number of nitrogens with one attached hydrogen (secondary N) is 1. The lowest BCUT2D eigenvalue weighted by Crippen LogP contribution is -2.30. The SMILES string of the molecule is C/C(=C(\C=C(/C)C=O)c1ccc(C#N)c(F)c1)c1ccc2c(c1)=CN=2.CC.CC.CNCCN. The smallest absolute Gasteiger partial charge is 0.145 e. The fourth-order valence-electron chi connectivity index (χ4n) is 2.82. The van der Waals surface area contributed by atoms with Crippen molar-refractivity contribution >= 4 is 23.6 Å². The van der Waals surface area contributed by atoms with E-state index < -0.39 is 5.82 Å². The Labute approximate surface area is 203 Å². The number of allylic oxidation sites excluding steroid dienone is 4. The van der Waals surface area contributed by atoms with Gasteiger partial charge in [0.15, 0.2) is 0 Å². The van der Waals surface area contributed by atoms with Gasteiger partial charge >= 0.3 is 0 Å². The highest BCUT2D eigenvalue weighted by Crippen LogP contribution is 2.28. The Balaban J connectivity index is 0.00000106. The highest BCUT2D eigenvalue weighted by atomic mass is 19.1. The van der Waals surface area contributed by atoms with Crippen LogP contribution in [-0.4, -0.2) is 26.4 Å². The van der Waals surface area contributed by atoms with Gasteiger partial charge in [-0.1, -0.05) is 39.8 Å². The standard InChI is InChI=1S/C21H15FN2O.C3H10N2.2C2H6/c1-13(12-25)7-19(16-3-4-17(10-23)20(22)9-16)14(2)15-5-6-21-18(8-15)11-24-21;1-5-3-2-4;2*1-2/h3-9,11-12H,1-2H3;5H,2-4H2,1H3;2*1-2H3/b13-7+,19-14-;;;. The molecule has 1 aliphatic heterocycles.